The first kappa shape index (κ1) is 19.7. The van der Waals surface area contributed by atoms with Crippen molar-refractivity contribution in [1.82, 2.24) is 0 Å². The number of benzene rings is 2. The van der Waals surface area contributed by atoms with Crippen LogP contribution >= 0.6 is 0 Å². The Morgan fingerprint density at radius 2 is 1.76 bits per heavy atom. The molecule has 2 nitrogen and oxygen atoms in total. The van der Waals surface area contributed by atoms with Crippen LogP contribution in [-0.2, 0) is 10.8 Å². The van der Waals surface area contributed by atoms with Gasteiger partial charge in [-0.25, -0.2) is 4.39 Å². The highest BCUT2D eigenvalue weighted by molar-refractivity contribution is 6.74. The predicted molar refractivity (Wildman–Crippen MR) is 108 cm³/mol. The number of hydrogen-bond acceptors (Lipinski definition) is 2. The molecule has 0 aliphatic carbocycles. The third kappa shape index (κ3) is 4.92. The third-order valence-electron chi connectivity index (χ3n) is 5.18. The average molecular weight is 360 g/mol. The van der Waals surface area contributed by atoms with E-state index in [2.05, 4.69) is 46.0 Å². The standard InChI is InChI=1S/C21H30FNOSi/c1-21(2,3)25(4,5)24-14-8-10-16-9-6-7-11-18(16)17-12-13-19(22)20(23)15-17/h6-7,9,11-13,15H,8,10,14,23H2,1-5H3. The zero-order chi connectivity index (χ0) is 18.7. The maximum absolute atomic E-state index is 13.4. The Labute approximate surface area is 152 Å². The van der Waals surface area contributed by atoms with Crippen molar-refractivity contribution >= 4 is 14.0 Å². The van der Waals surface area contributed by atoms with Gasteiger partial charge >= 0.3 is 0 Å². The first-order chi connectivity index (χ1) is 11.6. The maximum Gasteiger partial charge on any atom is 0.191 e. The molecule has 0 saturated heterocycles. The normalized spacial score (nSPS) is 12.4. The van der Waals surface area contributed by atoms with Gasteiger partial charge in [0.25, 0.3) is 0 Å². The first-order valence-electron chi connectivity index (χ1n) is 8.89. The number of nitrogens with two attached hydrogens (primary N) is 1. The first-order valence-corrected chi connectivity index (χ1v) is 11.8. The van der Waals surface area contributed by atoms with Gasteiger partial charge in [-0.3, -0.25) is 0 Å². The summed E-state index contributed by atoms with van der Waals surface area (Å²) in [5.74, 6) is -0.371. The van der Waals surface area contributed by atoms with E-state index in [1.807, 2.05) is 12.1 Å². The Bertz CT molecular complexity index is 722. The van der Waals surface area contributed by atoms with Crippen LogP contribution in [0.15, 0.2) is 42.5 Å². The van der Waals surface area contributed by atoms with Crippen molar-refractivity contribution in [3.63, 3.8) is 0 Å². The summed E-state index contributed by atoms with van der Waals surface area (Å²) in [7, 11) is -1.69. The van der Waals surface area contributed by atoms with Crippen LogP contribution in [0.5, 0.6) is 0 Å². The Hall–Kier alpha value is -1.65. The van der Waals surface area contributed by atoms with Crippen molar-refractivity contribution in [2.45, 2.75) is 51.7 Å². The smallest absolute Gasteiger partial charge is 0.191 e. The summed E-state index contributed by atoms with van der Waals surface area (Å²) in [4.78, 5) is 0. The second-order valence-electron chi connectivity index (χ2n) is 8.11. The van der Waals surface area contributed by atoms with E-state index in [9.17, 15) is 4.39 Å². The molecule has 0 fully saturated rings. The van der Waals surface area contributed by atoms with Gasteiger partial charge in [0.15, 0.2) is 8.32 Å². The van der Waals surface area contributed by atoms with Crippen LogP contribution in [0.25, 0.3) is 11.1 Å². The number of anilines is 1. The molecule has 0 aliphatic heterocycles. The van der Waals surface area contributed by atoms with Crippen LogP contribution in [0, 0.1) is 5.82 Å². The van der Waals surface area contributed by atoms with Crippen LogP contribution < -0.4 is 5.73 Å². The molecule has 0 aliphatic rings. The van der Waals surface area contributed by atoms with Gasteiger partial charge in [0.05, 0.1) is 5.69 Å². The topological polar surface area (TPSA) is 35.2 Å². The van der Waals surface area contributed by atoms with Crippen molar-refractivity contribution in [3.05, 3.63) is 53.8 Å². The molecule has 0 saturated carbocycles. The summed E-state index contributed by atoms with van der Waals surface area (Å²) in [6.07, 6.45) is 1.91. The molecule has 0 heterocycles. The Balaban J connectivity index is 2.05. The molecular formula is C21H30FNOSi. The molecule has 2 aromatic carbocycles. The summed E-state index contributed by atoms with van der Waals surface area (Å²) < 4.78 is 19.7. The van der Waals surface area contributed by atoms with Gasteiger partial charge in [-0.05, 0) is 59.8 Å². The third-order valence-corrected chi connectivity index (χ3v) is 9.72. The van der Waals surface area contributed by atoms with E-state index in [1.54, 1.807) is 12.1 Å². The fourth-order valence-electron chi connectivity index (χ4n) is 2.54. The van der Waals surface area contributed by atoms with E-state index in [4.69, 9.17) is 10.2 Å². The lowest BCUT2D eigenvalue weighted by atomic mass is 9.96. The molecule has 4 heteroatoms. The summed E-state index contributed by atoms with van der Waals surface area (Å²) in [6, 6.07) is 13.2. The lowest BCUT2D eigenvalue weighted by molar-refractivity contribution is 0.282. The molecule has 136 valence electrons. The zero-order valence-corrected chi connectivity index (χ0v) is 17.0. The number of rotatable bonds is 6. The Morgan fingerprint density at radius 1 is 1.08 bits per heavy atom. The van der Waals surface area contributed by atoms with Crippen LogP contribution in [0.3, 0.4) is 0 Å². The van der Waals surface area contributed by atoms with Crippen molar-refractivity contribution < 1.29 is 8.82 Å². The molecule has 0 radical (unpaired) electrons. The minimum Gasteiger partial charge on any atom is -0.417 e. The van der Waals surface area contributed by atoms with E-state index >= 15 is 0 Å². The van der Waals surface area contributed by atoms with Crippen LogP contribution in [-0.4, -0.2) is 14.9 Å². The SMILES string of the molecule is CC(C)(C)[Si](C)(C)OCCCc1ccccc1-c1ccc(F)c(N)c1. The molecule has 25 heavy (non-hydrogen) atoms. The Morgan fingerprint density at radius 3 is 2.40 bits per heavy atom. The van der Waals surface area contributed by atoms with E-state index in [0.29, 0.717) is 0 Å². The quantitative estimate of drug-likeness (QED) is 0.388. The molecule has 0 atom stereocenters. The van der Waals surface area contributed by atoms with Gasteiger partial charge in [-0.2, -0.15) is 0 Å². The van der Waals surface area contributed by atoms with E-state index in [-0.39, 0.29) is 16.5 Å². The molecule has 0 amide bonds. The monoisotopic (exact) mass is 359 g/mol. The minimum atomic E-state index is -1.69. The fraction of sp³-hybridized carbons (Fsp3) is 0.429. The molecule has 2 rings (SSSR count). The summed E-state index contributed by atoms with van der Waals surface area (Å²) in [5, 5.41) is 0.233. The van der Waals surface area contributed by atoms with Gasteiger partial charge in [0.1, 0.15) is 5.82 Å². The van der Waals surface area contributed by atoms with Crippen molar-refractivity contribution in [2.24, 2.45) is 0 Å². The fourth-order valence-corrected chi connectivity index (χ4v) is 3.63. The molecule has 2 aromatic rings. The number of aryl methyl sites for hydroxylation is 1. The summed E-state index contributed by atoms with van der Waals surface area (Å²) in [6.45, 7) is 12.1. The summed E-state index contributed by atoms with van der Waals surface area (Å²) >= 11 is 0. The van der Waals surface area contributed by atoms with Crippen LogP contribution in [0.1, 0.15) is 32.8 Å². The molecule has 0 bridgehead atoms. The maximum atomic E-state index is 13.4. The lowest BCUT2D eigenvalue weighted by Gasteiger charge is -2.36. The molecule has 0 aromatic heterocycles. The van der Waals surface area contributed by atoms with Gasteiger partial charge in [0, 0.05) is 6.61 Å². The second-order valence-corrected chi connectivity index (χ2v) is 12.9. The molecular weight excluding hydrogens is 329 g/mol. The van der Waals surface area contributed by atoms with Crippen molar-refractivity contribution in [1.29, 1.82) is 0 Å². The lowest BCUT2D eigenvalue weighted by Crippen LogP contribution is -2.41. The number of nitrogen functional groups attached to an aromatic ring is 1. The van der Waals surface area contributed by atoms with Gasteiger partial charge in [0.2, 0.25) is 0 Å². The van der Waals surface area contributed by atoms with Crippen molar-refractivity contribution in [3.8, 4) is 11.1 Å². The number of hydrogen-bond donors (Lipinski definition) is 1. The highest BCUT2D eigenvalue weighted by atomic mass is 28.4. The number of halogens is 1. The highest BCUT2D eigenvalue weighted by Crippen LogP contribution is 2.36. The summed E-state index contributed by atoms with van der Waals surface area (Å²) in [5.41, 5.74) is 9.23. The van der Waals surface area contributed by atoms with Gasteiger partial charge in [-0.1, -0.05) is 51.1 Å². The minimum absolute atomic E-state index is 0.188. The molecule has 0 unspecified atom stereocenters. The van der Waals surface area contributed by atoms with Crippen LogP contribution in [0.2, 0.25) is 18.1 Å². The zero-order valence-electron chi connectivity index (χ0n) is 16.0. The highest BCUT2D eigenvalue weighted by Gasteiger charge is 2.36. The largest absolute Gasteiger partial charge is 0.417 e. The van der Waals surface area contributed by atoms with E-state index in [0.717, 1.165) is 30.6 Å². The van der Waals surface area contributed by atoms with E-state index < -0.39 is 8.32 Å². The van der Waals surface area contributed by atoms with Gasteiger partial charge in [-0.15, -0.1) is 0 Å². The predicted octanol–water partition coefficient (Wildman–Crippen LogP) is 6.03. The second kappa shape index (κ2) is 7.71. The molecule has 0 spiro atoms. The molecule has 2 N–H and O–H groups in total. The van der Waals surface area contributed by atoms with Crippen LogP contribution in [0.4, 0.5) is 10.1 Å². The average Bonchev–Trinajstić information content (AvgIpc) is 2.53. The van der Waals surface area contributed by atoms with Crippen molar-refractivity contribution in [2.75, 3.05) is 12.3 Å². The van der Waals surface area contributed by atoms with Gasteiger partial charge < -0.3 is 10.2 Å². The Kier molecular flexibility index (Phi) is 6.06. The van der Waals surface area contributed by atoms with E-state index in [1.165, 1.54) is 11.6 Å².